The van der Waals surface area contributed by atoms with Crippen LogP contribution in [-0.2, 0) is 40.1 Å². The Labute approximate surface area is 340 Å². The predicted octanol–water partition coefficient (Wildman–Crippen LogP) is 9.31. The van der Waals surface area contributed by atoms with Gasteiger partial charge in [0.25, 0.3) is 0 Å². The fraction of sp³-hybridized carbons (Fsp3) is 0.680. The van der Waals surface area contributed by atoms with Gasteiger partial charge in [0, 0.05) is 65.6 Å². The van der Waals surface area contributed by atoms with Gasteiger partial charge in [-0.1, -0.05) is 77.8 Å². The van der Waals surface area contributed by atoms with E-state index in [1.807, 2.05) is 13.8 Å². The molecule has 1 aromatic carbocycles. The van der Waals surface area contributed by atoms with Gasteiger partial charge < -0.3 is 24.5 Å². The lowest BCUT2D eigenvalue weighted by molar-refractivity contribution is -0.220. The molecule has 0 bridgehead atoms. The minimum atomic E-state index is -0.710. The van der Waals surface area contributed by atoms with E-state index in [9.17, 15) is 15.0 Å². The van der Waals surface area contributed by atoms with Crippen molar-refractivity contribution in [2.45, 2.75) is 171 Å². The molecule has 7 nitrogen and oxygen atoms in total. The number of hydrogen-bond donors (Lipinski definition) is 3. The highest BCUT2D eigenvalue weighted by Gasteiger charge is 2.72. The Bertz CT molecular complexity index is 2220. The van der Waals surface area contributed by atoms with Crippen molar-refractivity contribution in [1.29, 1.82) is 0 Å². The van der Waals surface area contributed by atoms with Gasteiger partial charge in [0.1, 0.15) is 11.9 Å². The fourth-order valence-electron chi connectivity index (χ4n) is 15.1. The van der Waals surface area contributed by atoms with Crippen LogP contribution in [-0.4, -0.2) is 55.2 Å². The highest BCUT2D eigenvalue weighted by atomic mass is 16.6. The fourth-order valence-corrected chi connectivity index (χ4v) is 15.1. The van der Waals surface area contributed by atoms with Crippen molar-refractivity contribution in [1.82, 2.24) is 9.55 Å². The second-order valence-electron chi connectivity index (χ2n) is 22.0. The third-order valence-electron chi connectivity index (χ3n) is 17.8. The van der Waals surface area contributed by atoms with E-state index in [2.05, 4.69) is 96.3 Å². The maximum Gasteiger partial charge on any atom is 0.160 e. The molecule has 4 heterocycles. The van der Waals surface area contributed by atoms with Crippen LogP contribution in [0.5, 0.6) is 0 Å². The molecule has 308 valence electrons. The van der Waals surface area contributed by atoms with Crippen molar-refractivity contribution < 1.29 is 24.5 Å². The quantitative estimate of drug-likeness (QED) is 0.217. The molecule has 2 aromatic heterocycles. The lowest BCUT2D eigenvalue weighted by Gasteiger charge is -2.70. The molecule has 0 radical (unpaired) electrons. The maximum atomic E-state index is 15.2. The van der Waals surface area contributed by atoms with E-state index in [1.54, 1.807) is 0 Å². The average Bonchev–Trinajstić information content (AvgIpc) is 3.35. The number of aromatic nitrogens is 2. The van der Waals surface area contributed by atoms with Gasteiger partial charge in [-0.2, -0.15) is 0 Å². The first-order valence-electron chi connectivity index (χ1n) is 22.2. The van der Waals surface area contributed by atoms with Crippen molar-refractivity contribution in [3.8, 4) is 0 Å². The number of hydrogen-bond acceptors (Lipinski definition) is 5. The molecule has 2 aliphatic heterocycles. The highest BCUT2D eigenvalue weighted by molar-refractivity contribution is 6.02. The van der Waals surface area contributed by atoms with E-state index >= 15 is 4.79 Å². The summed E-state index contributed by atoms with van der Waals surface area (Å²) in [6, 6.07) is 6.86. The number of aryl methyl sites for hydroxylation is 3. The maximum absolute atomic E-state index is 15.2. The number of aliphatic hydroxyl groups is 2. The molecule has 4 aliphatic carbocycles. The lowest BCUT2D eigenvalue weighted by atomic mass is 9.34. The number of carbonyl (C=O) groups excluding carboxylic acids is 2. The number of nitrogens with zero attached hydrogens (tertiary/aromatic N) is 1. The lowest BCUT2D eigenvalue weighted by Crippen LogP contribution is -2.67. The van der Waals surface area contributed by atoms with Crippen LogP contribution in [0.1, 0.15) is 141 Å². The number of nitrogens with one attached hydrogen (secondary N) is 1. The van der Waals surface area contributed by atoms with Crippen LogP contribution in [0.25, 0.3) is 11.0 Å². The monoisotopic (exact) mass is 777 g/mol. The van der Waals surface area contributed by atoms with E-state index in [-0.39, 0.29) is 46.1 Å². The number of Topliss-reactive ketones (excluding diaryl/α,β-unsaturated/α-hetero) is 2. The number of carbonyl (C=O) groups is 2. The Morgan fingerprint density at radius 1 is 0.965 bits per heavy atom. The zero-order valence-electron chi connectivity index (χ0n) is 36.6. The van der Waals surface area contributed by atoms with Crippen molar-refractivity contribution in [2.24, 2.45) is 44.8 Å². The summed E-state index contributed by atoms with van der Waals surface area (Å²) in [7, 11) is 0. The van der Waals surface area contributed by atoms with Crippen LogP contribution in [0, 0.1) is 58.7 Å². The normalized spacial score (nSPS) is 38.5. The molecule has 3 aromatic rings. The van der Waals surface area contributed by atoms with Crippen molar-refractivity contribution in [3.63, 3.8) is 0 Å². The molecule has 10 unspecified atom stereocenters. The molecular weight excluding hydrogens is 709 g/mol. The van der Waals surface area contributed by atoms with Gasteiger partial charge in [-0.3, -0.25) is 9.59 Å². The number of fused-ring (bicyclic) bond motifs is 4. The molecular formula is C50H68N2O5. The molecule has 3 N–H and O–H groups in total. The summed E-state index contributed by atoms with van der Waals surface area (Å²) in [4.78, 5) is 32.6. The average molecular weight is 777 g/mol. The number of ketones is 2. The van der Waals surface area contributed by atoms with Crippen molar-refractivity contribution >= 4 is 22.6 Å². The molecule has 7 heteroatoms. The van der Waals surface area contributed by atoms with E-state index in [4.69, 9.17) is 4.74 Å². The van der Waals surface area contributed by atoms with Crippen LogP contribution in [0.4, 0.5) is 0 Å². The SMILES string of the molecule is CCc1c(Cc2cc(C)cc(C)c2)c2[nH]cc3c2n1CC1C2=C(C(=O)CC2(C)C2(C)CCC4C(C)(C)C(=O)CCC4(C)C2C1O)C(C)(CC(O)C1OC1(C)C)CC3. The third kappa shape index (κ3) is 5.38. The van der Waals surface area contributed by atoms with Crippen molar-refractivity contribution in [3.05, 3.63) is 69.1 Å². The largest absolute Gasteiger partial charge is 0.392 e. The standard InChI is InChI=1S/C50H68N2O5/c1-12-33-31(22-29-20-27(2)19-28(3)21-29)40-41-30(25-51-40)13-16-47(8,23-35(54)44-46(6,7)57-44)39-34(53)24-50(11)38(39)32(26-52(33)41)42(56)43-48(9)17-15-37(55)45(4,5)36(48)14-18-49(43,50)10/h19-21,25,32,35-36,42-44,51,54,56H,12-18,22-24,26H2,1-11H3. The summed E-state index contributed by atoms with van der Waals surface area (Å²) in [5.41, 5.74) is 9.59. The highest BCUT2D eigenvalue weighted by Crippen LogP contribution is 2.75. The van der Waals surface area contributed by atoms with E-state index < -0.39 is 28.5 Å². The summed E-state index contributed by atoms with van der Waals surface area (Å²) in [5.74, 6) is 0.323. The Hall–Kier alpha value is -3.00. The second-order valence-corrected chi connectivity index (χ2v) is 22.0. The van der Waals surface area contributed by atoms with Gasteiger partial charge in [-0.25, -0.2) is 0 Å². The second kappa shape index (κ2) is 12.5. The van der Waals surface area contributed by atoms with Crippen LogP contribution in [0.3, 0.4) is 0 Å². The summed E-state index contributed by atoms with van der Waals surface area (Å²) in [6.07, 6.45) is 7.63. The van der Waals surface area contributed by atoms with Crippen LogP contribution in [0.2, 0.25) is 0 Å². The summed E-state index contributed by atoms with van der Waals surface area (Å²) >= 11 is 0. The number of H-pyrrole nitrogens is 1. The number of rotatable bonds is 6. The van der Waals surface area contributed by atoms with E-state index in [1.165, 1.54) is 44.5 Å². The zero-order chi connectivity index (χ0) is 41.0. The Balaban J connectivity index is 1.27. The van der Waals surface area contributed by atoms with Crippen LogP contribution >= 0.6 is 0 Å². The Kier molecular flexibility index (Phi) is 8.67. The predicted molar refractivity (Wildman–Crippen MR) is 225 cm³/mol. The molecule has 10 atom stereocenters. The molecule has 57 heavy (non-hydrogen) atoms. The first-order valence-corrected chi connectivity index (χ1v) is 22.2. The number of aliphatic hydroxyl groups excluding tert-OH is 2. The Morgan fingerprint density at radius 2 is 1.65 bits per heavy atom. The van der Waals surface area contributed by atoms with Gasteiger partial charge >= 0.3 is 0 Å². The smallest absolute Gasteiger partial charge is 0.160 e. The summed E-state index contributed by atoms with van der Waals surface area (Å²) < 4.78 is 8.58. The van der Waals surface area contributed by atoms with Gasteiger partial charge in [0.05, 0.1) is 28.8 Å². The number of epoxide rings is 1. The summed E-state index contributed by atoms with van der Waals surface area (Å²) in [5, 5.41) is 25.5. The van der Waals surface area contributed by atoms with Gasteiger partial charge in [0.2, 0.25) is 0 Å². The zero-order valence-corrected chi connectivity index (χ0v) is 36.6. The molecule has 3 saturated carbocycles. The first-order chi connectivity index (χ1) is 26.6. The van der Waals surface area contributed by atoms with Gasteiger partial charge in [0.15, 0.2) is 5.78 Å². The molecule has 0 spiro atoms. The number of aromatic amines is 1. The minimum Gasteiger partial charge on any atom is -0.392 e. The molecule has 1 saturated heterocycles. The molecule has 6 aliphatic rings. The first kappa shape index (κ1) is 39.5. The Morgan fingerprint density at radius 3 is 2.30 bits per heavy atom. The van der Waals surface area contributed by atoms with Crippen LogP contribution < -0.4 is 0 Å². The van der Waals surface area contributed by atoms with E-state index in [0.717, 1.165) is 49.7 Å². The topological polar surface area (TPSA) is 108 Å². The number of ether oxygens (including phenoxy) is 1. The minimum absolute atomic E-state index is 0.0842. The van der Waals surface area contributed by atoms with E-state index in [0.29, 0.717) is 38.0 Å². The molecule has 4 fully saturated rings. The summed E-state index contributed by atoms with van der Waals surface area (Å²) in [6.45, 7) is 25.0. The van der Waals surface area contributed by atoms with Gasteiger partial charge in [-0.05, 0) is 117 Å². The third-order valence-corrected chi connectivity index (χ3v) is 17.8. The van der Waals surface area contributed by atoms with Crippen LogP contribution in [0.15, 0.2) is 35.5 Å². The molecule has 9 rings (SSSR count). The van der Waals surface area contributed by atoms with Crippen molar-refractivity contribution in [2.75, 3.05) is 0 Å². The number of allylic oxidation sites excluding steroid dienone is 1. The van der Waals surface area contributed by atoms with Gasteiger partial charge in [-0.15, -0.1) is 0 Å². The number of benzene rings is 1. The molecule has 0 amide bonds.